The van der Waals surface area contributed by atoms with E-state index in [4.69, 9.17) is 9.85 Å². The van der Waals surface area contributed by atoms with Crippen molar-refractivity contribution < 1.29 is 14.4 Å². The minimum Gasteiger partial charge on any atom is -0.496 e. The molecule has 2 aromatic rings. The molecule has 0 amide bonds. The molecule has 0 bridgehead atoms. The van der Waals surface area contributed by atoms with Crippen molar-refractivity contribution in [3.05, 3.63) is 105 Å². The van der Waals surface area contributed by atoms with Crippen LogP contribution in [0, 0.1) is 22.8 Å². The molecule has 0 spiro atoms. The normalized spacial score (nSPS) is 22.6. The van der Waals surface area contributed by atoms with Crippen LogP contribution in [0.5, 0.6) is 5.75 Å². The van der Waals surface area contributed by atoms with Gasteiger partial charge in [-0.15, -0.1) is 41.0 Å². The number of ether oxygens (including phenoxy) is 1. The van der Waals surface area contributed by atoms with Crippen LogP contribution in [-0.2, 0) is 0 Å². The molecule has 5 rings (SSSR count). The Morgan fingerprint density at radius 2 is 2.22 bits per heavy atom. The average molecular weight is 376 g/mol. The first kappa shape index (κ1) is 15.9. The minimum absolute atomic E-state index is 0.0151. The summed E-state index contributed by atoms with van der Waals surface area (Å²) < 4.78 is 7.99. The largest absolute Gasteiger partial charge is 0.496 e. The van der Waals surface area contributed by atoms with E-state index in [1.807, 2.05) is 59.7 Å². The van der Waals surface area contributed by atoms with Crippen molar-refractivity contribution in [3.8, 4) is 5.75 Å². The molecule has 6 nitrogen and oxygen atoms in total. The second-order valence-electron chi connectivity index (χ2n) is 6.32. The summed E-state index contributed by atoms with van der Waals surface area (Å²) >= 11 is 1.10. The molecule has 1 aromatic heterocycles. The van der Waals surface area contributed by atoms with Crippen molar-refractivity contribution in [3.63, 3.8) is 0 Å². The van der Waals surface area contributed by atoms with Crippen molar-refractivity contribution in [1.82, 2.24) is 0 Å². The summed E-state index contributed by atoms with van der Waals surface area (Å²) in [5.41, 5.74) is 3.12. The molecule has 134 valence electrons. The number of fused-ring (bicyclic) bond motifs is 3. The number of azo groups is 2. The highest BCUT2D eigenvalue weighted by atomic mass is 32.1. The molecule has 0 N–H and O–H groups in total. The molecule has 3 aliphatic rings. The van der Waals surface area contributed by atoms with Gasteiger partial charge in [0.05, 0.1) is 15.4 Å². The molecule has 0 fully saturated rings. The molecule has 1 aromatic carbocycles. The Morgan fingerprint density at radius 3 is 3.00 bits per heavy atom. The van der Waals surface area contributed by atoms with E-state index in [2.05, 4.69) is 0 Å². The summed E-state index contributed by atoms with van der Waals surface area (Å²) in [7, 11) is 0. The molecule has 1 unspecified atom stereocenters. The number of hydrogen-bond donors (Lipinski definition) is 0. The van der Waals surface area contributed by atoms with Gasteiger partial charge in [-0.25, -0.2) is 0 Å². The van der Waals surface area contributed by atoms with Crippen LogP contribution >= 0.6 is 11.3 Å². The van der Waals surface area contributed by atoms with Gasteiger partial charge in [-0.05, 0) is 12.1 Å². The molecule has 7 heteroatoms. The molecule has 1 atom stereocenters. The maximum absolute atomic E-state index is 11.1. The van der Waals surface area contributed by atoms with Crippen molar-refractivity contribution in [2.45, 2.75) is 12.5 Å². The molecular formula is C20H14N3O3S-. The van der Waals surface area contributed by atoms with Gasteiger partial charge >= 0.3 is 5.00 Å². The highest BCUT2D eigenvalue weighted by Crippen LogP contribution is 2.48. The van der Waals surface area contributed by atoms with Gasteiger partial charge in [-0.2, -0.15) is 6.07 Å². The number of benzene rings is 1. The number of thiophene rings is 1. The van der Waals surface area contributed by atoms with E-state index < -0.39 is 0 Å². The van der Waals surface area contributed by atoms with Crippen molar-refractivity contribution >= 4 is 16.3 Å². The minimum atomic E-state index is -0.383. The lowest BCUT2D eigenvalue weighted by Gasteiger charge is -2.29. The van der Waals surface area contributed by atoms with E-state index in [-0.39, 0.29) is 16.0 Å². The lowest BCUT2D eigenvalue weighted by molar-refractivity contribution is -0.630. The number of hydrogen-bond acceptors (Lipinski definition) is 4. The van der Waals surface area contributed by atoms with E-state index in [1.54, 1.807) is 6.07 Å². The van der Waals surface area contributed by atoms with Gasteiger partial charge < -0.3 is 4.74 Å². The maximum atomic E-state index is 11.1. The van der Waals surface area contributed by atoms with E-state index in [0.717, 1.165) is 40.3 Å². The van der Waals surface area contributed by atoms with Gasteiger partial charge in [0.25, 0.3) is 6.23 Å². The zero-order chi connectivity index (χ0) is 18.4. The molecular weight excluding hydrogens is 362 g/mol. The fourth-order valence-corrected chi connectivity index (χ4v) is 4.24. The van der Waals surface area contributed by atoms with Crippen LogP contribution in [0.15, 0.2) is 77.1 Å². The average Bonchev–Trinajstić information content (AvgIpc) is 3.36. The van der Waals surface area contributed by atoms with Crippen LogP contribution in [-0.4, -0.2) is 9.62 Å². The summed E-state index contributed by atoms with van der Waals surface area (Å²) in [6.45, 7) is 0. The van der Waals surface area contributed by atoms with E-state index >= 15 is 0 Å². The fraction of sp³-hybridized carbons (Fsp3) is 0.100. The first-order chi connectivity index (χ1) is 13.2. The van der Waals surface area contributed by atoms with Gasteiger partial charge in [-0.1, -0.05) is 23.3 Å². The van der Waals surface area contributed by atoms with Gasteiger partial charge in [0.1, 0.15) is 17.1 Å². The van der Waals surface area contributed by atoms with Gasteiger partial charge in [0, 0.05) is 12.1 Å². The van der Waals surface area contributed by atoms with E-state index in [0.29, 0.717) is 11.1 Å². The lowest BCUT2D eigenvalue weighted by Crippen LogP contribution is -2.29. The Hall–Kier alpha value is -3.32. The molecule has 3 heterocycles. The van der Waals surface area contributed by atoms with E-state index in [9.17, 15) is 10.1 Å². The standard InChI is InChI=1S/C20H14N3O3S/c24-23(25)19-11-10-18(27-19)20-22-16(14-8-4-5-9-17(14)26-20)12-15(21-22)13-6-2-1-3-7-13/h1-11,16H,12H2/q-1. The third-order valence-electron chi connectivity index (χ3n) is 4.69. The van der Waals surface area contributed by atoms with Crippen molar-refractivity contribution in [2.24, 2.45) is 5.11 Å². The van der Waals surface area contributed by atoms with Gasteiger partial charge in [0.2, 0.25) is 0 Å². The SMILES string of the molecule is O=[N+]([O-])[c-]1ccc([C-]2Oc3ccccc3C3CC(=C4C=CC=C[CH-]4)N=[N+]23)[s+]1. The summed E-state index contributed by atoms with van der Waals surface area (Å²) in [4.78, 5) is 11.4. The third-order valence-corrected chi connectivity index (χ3v) is 5.72. The number of nitrogens with zero attached hydrogens (tertiary/aromatic N) is 3. The Bertz CT molecular complexity index is 1060. The summed E-state index contributed by atoms with van der Waals surface area (Å²) in [5.74, 6) is 0.773. The van der Waals surface area contributed by atoms with Crippen LogP contribution in [0.4, 0.5) is 5.00 Å². The maximum Gasteiger partial charge on any atom is 0.401 e. The zero-order valence-corrected chi connectivity index (χ0v) is 14.9. The third kappa shape index (κ3) is 2.63. The quantitative estimate of drug-likeness (QED) is 0.241. The first-order valence-electron chi connectivity index (χ1n) is 8.51. The zero-order valence-electron chi connectivity index (χ0n) is 14.1. The number of nitro groups is 1. The molecule has 0 radical (unpaired) electrons. The van der Waals surface area contributed by atoms with Crippen LogP contribution in [0.1, 0.15) is 22.9 Å². The number of para-hydroxylation sites is 1. The second-order valence-corrected chi connectivity index (χ2v) is 7.38. The van der Waals surface area contributed by atoms with Crippen molar-refractivity contribution in [2.75, 3.05) is 0 Å². The molecule has 0 saturated carbocycles. The molecule has 27 heavy (non-hydrogen) atoms. The Morgan fingerprint density at radius 1 is 1.33 bits per heavy atom. The van der Waals surface area contributed by atoms with Crippen LogP contribution in [0.2, 0.25) is 0 Å². The summed E-state index contributed by atoms with van der Waals surface area (Å²) in [6, 6.07) is 11.1. The predicted octanol–water partition coefficient (Wildman–Crippen LogP) is 5.08. The van der Waals surface area contributed by atoms with E-state index in [1.165, 1.54) is 6.07 Å². The molecule has 2 aliphatic heterocycles. The lowest BCUT2D eigenvalue weighted by atomic mass is 9.97. The molecule has 1 aliphatic carbocycles. The smallest absolute Gasteiger partial charge is 0.401 e. The highest BCUT2D eigenvalue weighted by molar-refractivity contribution is 7.15. The summed E-state index contributed by atoms with van der Waals surface area (Å²) in [6.07, 6.45) is 11.3. The summed E-state index contributed by atoms with van der Waals surface area (Å²) in [5, 5.41) is 16.0. The highest BCUT2D eigenvalue weighted by Gasteiger charge is 2.43. The van der Waals surface area contributed by atoms with Crippen LogP contribution in [0.3, 0.4) is 0 Å². The van der Waals surface area contributed by atoms with Crippen LogP contribution in [0.25, 0.3) is 0 Å². The number of allylic oxidation sites excluding steroid dienone is 5. The van der Waals surface area contributed by atoms with Gasteiger partial charge in [0.15, 0.2) is 6.04 Å². The topological polar surface area (TPSA) is 67.7 Å². The van der Waals surface area contributed by atoms with Gasteiger partial charge in [-0.3, -0.25) is 10.1 Å². The van der Waals surface area contributed by atoms with Crippen LogP contribution < -0.4 is 4.74 Å². The first-order valence-corrected chi connectivity index (χ1v) is 9.33. The fourth-order valence-electron chi connectivity index (χ4n) is 3.45. The Balaban J connectivity index is 1.62. The number of rotatable bonds is 2. The molecule has 0 saturated heterocycles. The Labute approximate surface area is 159 Å². The predicted molar refractivity (Wildman–Crippen MR) is 100 cm³/mol. The second kappa shape index (κ2) is 6.14. The monoisotopic (exact) mass is 376 g/mol. The van der Waals surface area contributed by atoms with Crippen molar-refractivity contribution in [1.29, 1.82) is 0 Å². The Kier molecular flexibility index (Phi) is 3.61.